The maximum atomic E-state index is 4.11. The first-order valence-corrected chi connectivity index (χ1v) is 6.10. The van der Waals surface area contributed by atoms with E-state index in [4.69, 9.17) is 0 Å². The molecule has 1 N–H and O–H groups in total. The molecule has 1 aliphatic rings. The lowest BCUT2D eigenvalue weighted by molar-refractivity contribution is 0.150. The molecular formula is C10H17N3S. The van der Waals surface area contributed by atoms with E-state index in [1.54, 1.807) is 11.3 Å². The Bertz CT molecular complexity index is 260. The van der Waals surface area contributed by atoms with E-state index in [2.05, 4.69) is 22.1 Å². The molecule has 0 bridgehead atoms. The second-order valence-corrected chi connectivity index (χ2v) is 4.68. The van der Waals surface area contributed by atoms with Gasteiger partial charge in [-0.25, -0.2) is 0 Å². The maximum absolute atomic E-state index is 4.11. The molecule has 2 heterocycles. The summed E-state index contributed by atoms with van der Waals surface area (Å²) in [6.45, 7) is 6.75. The SMILES string of the molecule is CCC1CNCCN1Cc1cncs1. The molecule has 2 rings (SSSR count). The van der Waals surface area contributed by atoms with E-state index in [9.17, 15) is 0 Å². The number of hydrogen-bond donors (Lipinski definition) is 1. The standard InChI is InChI=1S/C10H17N3S/c1-2-9-5-11-3-4-13(9)7-10-6-12-8-14-10/h6,8-9,11H,2-5,7H2,1H3. The Kier molecular flexibility index (Phi) is 3.50. The number of piperazine rings is 1. The summed E-state index contributed by atoms with van der Waals surface area (Å²) in [6.07, 6.45) is 3.21. The van der Waals surface area contributed by atoms with Crippen LogP contribution in [0, 0.1) is 0 Å². The largest absolute Gasteiger partial charge is 0.314 e. The number of hydrogen-bond acceptors (Lipinski definition) is 4. The Balaban J connectivity index is 1.94. The van der Waals surface area contributed by atoms with E-state index in [1.807, 2.05) is 11.7 Å². The zero-order valence-corrected chi connectivity index (χ0v) is 9.39. The van der Waals surface area contributed by atoms with E-state index in [1.165, 1.54) is 11.3 Å². The van der Waals surface area contributed by atoms with Gasteiger partial charge in [-0.15, -0.1) is 11.3 Å². The van der Waals surface area contributed by atoms with Crippen LogP contribution in [0.3, 0.4) is 0 Å². The summed E-state index contributed by atoms with van der Waals surface area (Å²) < 4.78 is 0. The zero-order valence-electron chi connectivity index (χ0n) is 8.57. The number of nitrogens with zero attached hydrogens (tertiary/aromatic N) is 2. The van der Waals surface area contributed by atoms with Crippen molar-refractivity contribution < 1.29 is 0 Å². The highest BCUT2D eigenvalue weighted by atomic mass is 32.1. The Morgan fingerprint density at radius 1 is 1.71 bits per heavy atom. The molecule has 1 unspecified atom stereocenters. The number of rotatable bonds is 3. The van der Waals surface area contributed by atoms with Crippen LogP contribution < -0.4 is 5.32 Å². The molecule has 0 saturated carbocycles. The fraction of sp³-hybridized carbons (Fsp3) is 0.700. The third-order valence-corrected chi connectivity index (χ3v) is 3.55. The van der Waals surface area contributed by atoms with Crippen molar-refractivity contribution in [3.63, 3.8) is 0 Å². The van der Waals surface area contributed by atoms with Crippen LogP contribution in [0.25, 0.3) is 0 Å². The fourth-order valence-electron chi connectivity index (χ4n) is 1.93. The summed E-state index contributed by atoms with van der Waals surface area (Å²) in [6, 6.07) is 0.700. The lowest BCUT2D eigenvalue weighted by Gasteiger charge is -2.35. The zero-order chi connectivity index (χ0) is 9.80. The van der Waals surface area contributed by atoms with E-state index < -0.39 is 0 Å². The predicted molar refractivity (Wildman–Crippen MR) is 59.5 cm³/mol. The molecule has 1 saturated heterocycles. The number of nitrogens with one attached hydrogen (secondary N) is 1. The summed E-state index contributed by atoms with van der Waals surface area (Å²) in [5.74, 6) is 0. The Labute approximate surface area is 89.1 Å². The van der Waals surface area contributed by atoms with Crippen LogP contribution in [0.5, 0.6) is 0 Å². The number of aromatic nitrogens is 1. The molecule has 0 spiro atoms. The van der Waals surface area contributed by atoms with Gasteiger partial charge in [0, 0.05) is 43.3 Å². The molecule has 3 nitrogen and oxygen atoms in total. The van der Waals surface area contributed by atoms with Gasteiger partial charge in [-0.2, -0.15) is 0 Å². The normalized spacial score (nSPS) is 23.9. The molecule has 1 atom stereocenters. The third-order valence-electron chi connectivity index (χ3n) is 2.79. The molecule has 1 aromatic heterocycles. The molecule has 1 aliphatic heterocycles. The summed E-state index contributed by atoms with van der Waals surface area (Å²) in [5, 5.41) is 3.44. The van der Waals surface area contributed by atoms with E-state index in [0.29, 0.717) is 6.04 Å². The van der Waals surface area contributed by atoms with Crippen molar-refractivity contribution in [2.24, 2.45) is 0 Å². The molecular weight excluding hydrogens is 194 g/mol. The minimum atomic E-state index is 0.700. The molecule has 0 amide bonds. The van der Waals surface area contributed by atoms with Gasteiger partial charge in [-0.05, 0) is 6.42 Å². The lowest BCUT2D eigenvalue weighted by Crippen LogP contribution is -2.50. The van der Waals surface area contributed by atoms with Crippen molar-refractivity contribution >= 4 is 11.3 Å². The van der Waals surface area contributed by atoms with E-state index >= 15 is 0 Å². The fourth-order valence-corrected chi connectivity index (χ4v) is 2.55. The molecule has 1 fully saturated rings. The van der Waals surface area contributed by atoms with Crippen LogP contribution in [0.15, 0.2) is 11.7 Å². The van der Waals surface area contributed by atoms with Gasteiger partial charge < -0.3 is 5.32 Å². The second-order valence-electron chi connectivity index (χ2n) is 3.70. The van der Waals surface area contributed by atoms with Gasteiger partial charge in [-0.3, -0.25) is 9.88 Å². The first kappa shape index (κ1) is 10.1. The van der Waals surface area contributed by atoms with Crippen molar-refractivity contribution in [3.8, 4) is 0 Å². The second kappa shape index (κ2) is 4.87. The van der Waals surface area contributed by atoms with Crippen molar-refractivity contribution in [1.29, 1.82) is 0 Å². The summed E-state index contributed by atoms with van der Waals surface area (Å²) in [7, 11) is 0. The average Bonchev–Trinajstić information content (AvgIpc) is 2.71. The van der Waals surface area contributed by atoms with Gasteiger partial charge in [0.15, 0.2) is 0 Å². The highest BCUT2D eigenvalue weighted by Crippen LogP contribution is 2.14. The minimum absolute atomic E-state index is 0.700. The van der Waals surface area contributed by atoms with Gasteiger partial charge in [-0.1, -0.05) is 6.92 Å². The highest BCUT2D eigenvalue weighted by molar-refractivity contribution is 7.09. The summed E-state index contributed by atoms with van der Waals surface area (Å²) in [5.41, 5.74) is 1.92. The van der Waals surface area contributed by atoms with Crippen molar-refractivity contribution in [1.82, 2.24) is 15.2 Å². The topological polar surface area (TPSA) is 28.2 Å². The predicted octanol–water partition coefficient (Wildman–Crippen LogP) is 1.33. The highest BCUT2D eigenvalue weighted by Gasteiger charge is 2.20. The first-order chi connectivity index (χ1) is 6.90. The quantitative estimate of drug-likeness (QED) is 0.817. The first-order valence-electron chi connectivity index (χ1n) is 5.22. The summed E-state index contributed by atoms with van der Waals surface area (Å²) in [4.78, 5) is 8.05. The Morgan fingerprint density at radius 2 is 2.64 bits per heavy atom. The van der Waals surface area contributed by atoms with Crippen molar-refractivity contribution in [3.05, 3.63) is 16.6 Å². The van der Waals surface area contributed by atoms with Gasteiger partial charge >= 0.3 is 0 Å². The van der Waals surface area contributed by atoms with Crippen LogP contribution in [0.2, 0.25) is 0 Å². The van der Waals surface area contributed by atoms with Gasteiger partial charge in [0.1, 0.15) is 0 Å². The van der Waals surface area contributed by atoms with Crippen molar-refractivity contribution in [2.45, 2.75) is 25.9 Å². The van der Waals surface area contributed by atoms with Crippen LogP contribution in [0.1, 0.15) is 18.2 Å². The molecule has 78 valence electrons. The maximum Gasteiger partial charge on any atom is 0.0794 e. The van der Waals surface area contributed by atoms with Gasteiger partial charge in [0.05, 0.1) is 5.51 Å². The molecule has 1 aromatic rings. The van der Waals surface area contributed by atoms with E-state index in [0.717, 1.165) is 26.2 Å². The lowest BCUT2D eigenvalue weighted by atomic mass is 10.1. The van der Waals surface area contributed by atoms with Gasteiger partial charge in [0.2, 0.25) is 0 Å². The molecule has 0 aromatic carbocycles. The number of thiazole rings is 1. The monoisotopic (exact) mass is 211 g/mol. The van der Waals surface area contributed by atoms with Crippen LogP contribution in [0.4, 0.5) is 0 Å². The average molecular weight is 211 g/mol. The van der Waals surface area contributed by atoms with E-state index in [-0.39, 0.29) is 0 Å². The molecule has 4 heteroatoms. The smallest absolute Gasteiger partial charge is 0.0794 e. The summed E-state index contributed by atoms with van der Waals surface area (Å²) >= 11 is 1.76. The Morgan fingerprint density at radius 3 is 3.36 bits per heavy atom. The molecule has 0 radical (unpaired) electrons. The van der Waals surface area contributed by atoms with Crippen LogP contribution in [-0.2, 0) is 6.54 Å². The van der Waals surface area contributed by atoms with Crippen LogP contribution in [-0.4, -0.2) is 35.6 Å². The van der Waals surface area contributed by atoms with Gasteiger partial charge in [0.25, 0.3) is 0 Å². The Hall–Kier alpha value is -0.450. The molecule has 14 heavy (non-hydrogen) atoms. The third kappa shape index (κ3) is 2.32. The van der Waals surface area contributed by atoms with Crippen LogP contribution >= 0.6 is 11.3 Å². The molecule has 0 aliphatic carbocycles. The minimum Gasteiger partial charge on any atom is -0.314 e. The van der Waals surface area contributed by atoms with Crippen molar-refractivity contribution in [2.75, 3.05) is 19.6 Å².